The fraction of sp³-hybridized carbons (Fsp3) is 0.458. The molecule has 1 aliphatic carbocycles. The Hall–Kier alpha value is -2.89. The number of rotatable bonds is 3. The number of likely N-dealkylation sites (tertiary alicyclic amines) is 2. The summed E-state index contributed by atoms with van der Waals surface area (Å²) in [6.07, 6.45) is 3.31. The Labute approximate surface area is 175 Å². The smallest absolute Gasteiger partial charge is 0.261 e. The molecule has 1 aromatic heterocycles. The van der Waals surface area contributed by atoms with Crippen LogP contribution in [-0.4, -0.2) is 46.2 Å². The van der Waals surface area contributed by atoms with Gasteiger partial charge in [-0.15, -0.1) is 0 Å². The largest absolute Gasteiger partial charge is 0.338 e. The number of aromatic amines is 1. The van der Waals surface area contributed by atoms with Gasteiger partial charge in [-0.1, -0.05) is 37.3 Å². The lowest BCUT2D eigenvalue weighted by Gasteiger charge is -2.30. The number of nitrogens with zero attached hydrogens (tertiary/aromatic N) is 2. The van der Waals surface area contributed by atoms with Gasteiger partial charge < -0.3 is 14.8 Å². The van der Waals surface area contributed by atoms with Crippen LogP contribution in [0.3, 0.4) is 0 Å². The molecule has 6 nitrogen and oxygen atoms in total. The number of H-pyrrole nitrogens is 1. The van der Waals surface area contributed by atoms with Crippen molar-refractivity contribution >= 4 is 11.8 Å². The van der Waals surface area contributed by atoms with Gasteiger partial charge in [0.1, 0.15) is 5.56 Å². The first kappa shape index (κ1) is 19.1. The molecule has 2 saturated heterocycles. The number of fused-ring (bicyclic) bond motifs is 2. The predicted octanol–water partition coefficient (Wildman–Crippen LogP) is 2.55. The zero-order chi connectivity index (χ0) is 20.8. The third-order valence-electron chi connectivity index (χ3n) is 7.03. The first-order valence-corrected chi connectivity index (χ1v) is 11.0. The summed E-state index contributed by atoms with van der Waals surface area (Å²) < 4.78 is 0. The highest BCUT2D eigenvalue weighted by molar-refractivity contribution is 5.94. The normalized spacial score (nSPS) is 24.8. The summed E-state index contributed by atoms with van der Waals surface area (Å²) >= 11 is 0. The highest BCUT2D eigenvalue weighted by Gasteiger charge is 2.49. The summed E-state index contributed by atoms with van der Waals surface area (Å²) in [7, 11) is 0. The van der Waals surface area contributed by atoms with E-state index in [0.29, 0.717) is 26.1 Å². The van der Waals surface area contributed by atoms with E-state index in [-0.39, 0.29) is 40.8 Å². The number of benzene rings is 1. The minimum Gasteiger partial charge on any atom is -0.338 e. The van der Waals surface area contributed by atoms with Gasteiger partial charge >= 0.3 is 0 Å². The van der Waals surface area contributed by atoms with E-state index in [1.165, 1.54) is 0 Å². The van der Waals surface area contributed by atoms with E-state index in [4.69, 9.17) is 0 Å². The molecule has 0 bridgehead atoms. The number of hydrogen-bond donors (Lipinski definition) is 1. The molecule has 3 aliphatic rings. The van der Waals surface area contributed by atoms with Crippen molar-refractivity contribution in [3.63, 3.8) is 0 Å². The summed E-state index contributed by atoms with van der Waals surface area (Å²) in [5.41, 5.74) is 3.18. The van der Waals surface area contributed by atoms with Crippen LogP contribution in [0.5, 0.6) is 0 Å². The fourth-order valence-corrected chi connectivity index (χ4v) is 5.59. The molecule has 1 aromatic carbocycles. The van der Waals surface area contributed by atoms with Crippen LogP contribution >= 0.6 is 0 Å². The number of carbonyl (C=O) groups is 2. The number of aryl methyl sites for hydroxylation is 2. The highest BCUT2D eigenvalue weighted by atomic mass is 16.2. The SMILES string of the molecule is CCC(=O)N1C[C@@H]2CN(C(=O)c3cc4c([nH]c3=O)CCC4)C[C@@H]2[C@H]1c1ccccc1. The number of hydrogen-bond acceptors (Lipinski definition) is 3. The van der Waals surface area contributed by atoms with Crippen LogP contribution in [0, 0.1) is 11.8 Å². The van der Waals surface area contributed by atoms with Crippen LogP contribution in [0.2, 0.25) is 0 Å². The van der Waals surface area contributed by atoms with Crippen molar-refractivity contribution in [3.8, 4) is 0 Å². The lowest BCUT2D eigenvalue weighted by molar-refractivity contribution is -0.132. The number of pyridine rings is 1. The molecule has 5 rings (SSSR count). The molecule has 2 amide bonds. The van der Waals surface area contributed by atoms with Gasteiger partial charge in [0.15, 0.2) is 0 Å². The minimum atomic E-state index is -0.278. The van der Waals surface area contributed by atoms with E-state index >= 15 is 0 Å². The van der Waals surface area contributed by atoms with Crippen LogP contribution in [-0.2, 0) is 17.6 Å². The first-order valence-electron chi connectivity index (χ1n) is 11.0. The Morgan fingerprint density at radius 3 is 2.67 bits per heavy atom. The molecule has 2 aliphatic heterocycles. The zero-order valence-corrected chi connectivity index (χ0v) is 17.3. The topological polar surface area (TPSA) is 73.5 Å². The van der Waals surface area contributed by atoms with Crippen LogP contribution in [0.4, 0.5) is 0 Å². The molecule has 0 spiro atoms. The van der Waals surface area contributed by atoms with Crippen LogP contribution in [0.15, 0.2) is 41.2 Å². The average Bonchev–Trinajstić information content (AvgIpc) is 3.46. The van der Waals surface area contributed by atoms with Crippen molar-refractivity contribution in [2.45, 2.75) is 38.6 Å². The Kier molecular flexibility index (Phi) is 4.72. The molecule has 3 atom stereocenters. The van der Waals surface area contributed by atoms with E-state index in [1.54, 1.807) is 6.07 Å². The number of aromatic nitrogens is 1. The van der Waals surface area contributed by atoms with Crippen molar-refractivity contribution in [1.29, 1.82) is 0 Å². The van der Waals surface area contributed by atoms with Gasteiger partial charge in [-0.2, -0.15) is 0 Å². The minimum absolute atomic E-state index is 0.0141. The van der Waals surface area contributed by atoms with Gasteiger partial charge in [-0.05, 0) is 36.5 Å². The molecule has 1 N–H and O–H groups in total. The van der Waals surface area contributed by atoms with Crippen molar-refractivity contribution < 1.29 is 9.59 Å². The van der Waals surface area contributed by atoms with Crippen LogP contribution < -0.4 is 5.56 Å². The maximum absolute atomic E-state index is 13.2. The Morgan fingerprint density at radius 2 is 1.90 bits per heavy atom. The molecule has 3 heterocycles. The van der Waals surface area contributed by atoms with Gasteiger partial charge in [0.05, 0.1) is 6.04 Å². The van der Waals surface area contributed by atoms with Gasteiger partial charge in [0, 0.05) is 43.6 Å². The summed E-state index contributed by atoms with van der Waals surface area (Å²) in [6.45, 7) is 3.74. The van der Waals surface area contributed by atoms with E-state index in [2.05, 4.69) is 17.1 Å². The van der Waals surface area contributed by atoms with E-state index in [1.807, 2.05) is 34.9 Å². The standard InChI is InChI=1S/C24H27N3O3/c1-2-21(28)27-13-17-12-26(14-19(17)22(27)15-7-4-3-5-8-15)24(30)18-11-16-9-6-10-20(16)25-23(18)29/h3-5,7-8,11,17,19,22H,2,6,9-10,12-14H2,1H3,(H,25,29)/t17-,19-,22+/m0/s1. The zero-order valence-electron chi connectivity index (χ0n) is 17.3. The quantitative estimate of drug-likeness (QED) is 0.853. The lowest BCUT2D eigenvalue weighted by atomic mass is 9.89. The summed E-state index contributed by atoms with van der Waals surface area (Å²) in [6, 6.07) is 11.9. The second-order valence-electron chi connectivity index (χ2n) is 8.76. The van der Waals surface area contributed by atoms with Gasteiger partial charge in [-0.3, -0.25) is 14.4 Å². The monoisotopic (exact) mass is 405 g/mol. The van der Waals surface area contributed by atoms with Crippen molar-refractivity contribution in [1.82, 2.24) is 14.8 Å². The van der Waals surface area contributed by atoms with Crippen molar-refractivity contribution in [2.24, 2.45) is 11.8 Å². The van der Waals surface area contributed by atoms with E-state index in [9.17, 15) is 14.4 Å². The van der Waals surface area contributed by atoms with Crippen LogP contribution in [0.25, 0.3) is 0 Å². The second-order valence-corrected chi connectivity index (χ2v) is 8.76. The second kappa shape index (κ2) is 7.42. The predicted molar refractivity (Wildman–Crippen MR) is 113 cm³/mol. The number of amides is 2. The molecule has 0 unspecified atom stereocenters. The van der Waals surface area contributed by atoms with E-state index < -0.39 is 0 Å². The maximum atomic E-state index is 13.2. The van der Waals surface area contributed by atoms with Gasteiger partial charge in [0.25, 0.3) is 11.5 Å². The van der Waals surface area contributed by atoms with Crippen molar-refractivity contribution in [3.05, 3.63) is 69.1 Å². The summed E-state index contributed by atoms with van der Waals surface area (Å²) in [5, 5.41) is 0. The highest BCUT2D eigenvalue weighted by Crippen LogP contribution is 2.45. The molecule has 30 heavy (non-hydrogen) atoms. The Morgan fingerprint density at radius 1 is 1.10 bits per heavy atom. The third-order valence-corrected chi connectivity index (χ3v) is 7.03. The van der Waals surface area contributed by atoms with Gasteiger partial charge in [0.2, 0.25) is 5.91 Å². The Bertz CT molecular complexity index is 1050. The molecule has 0 radical (unpaired) electrons. The van der Waals surface area contributed by atoms with Crippen molar-refractivity contribution in [2.75, 3.05) is 19.6 Å². The summed E-state index contributed by atoms with van der Waals surface area (Å²) in [4.78, 5) is 45.1. The third kappa shape index (κ3) is 3.06. The first-order chi connectivity index (χ1) is 14.6. The molecular formula is C24H27N3O3. The maximum Gasteiger partial charge on any atom is 0.261 e. The Balaban J connectivity index is 1.42. The molecule has 156 valence electrons. The van der Waals surface area contributed by atoms with E-state index in [0.717, 1.165) is 36.1 Å². The van der Waals surface area contributed by atoms with Gasteiger partial charge in [-0.25, -0.2) is 0 Å². The summed E-state index contributed by atoms with van der Waals surface area (Å²) in [5.74, 6) is 0.412. The lowest BCUT2D eigenvalue weighted by Crippen LogP contribution is -2.38. The molecule has 0 saturated carbocycles. The molecule has 6 heteroatoms. The van der Waals surface area contributed by atoms with Crippen LogP contribution in [0.1, 0.15) is 53.0 Å². The molecular weight excluding hydrogens is 378 g/mol. The number of carbonyl (C=O) groups excluding carboxylic acids is 2. The average molecular weight is 405 g/mol. The molecule has 2 fully saturated rings. The molecule has 2 aromatic rings. The fourth-order valence-electron chi connectivity index (χ4n) is 5.59. The number of nitrogens with one attached hydrogen (secondary N) is 1.